The van der Waals surface area contributed by atoms with Crippen LogP contribution < -0.4 is 17.2 Å². The maximum absolute atomic E-state index is 10.4. The van der Waals surface area contributed by atoms with Crippen molar-refractivity contribution < 1.29 is 24.6 Å². The van der Waals surface area contributed by atoms with Gasteiger partial charge in [-0.15, -0.1) is 0 Å². The van der Waals surface area contributed by atoms with Crippen LogP contribution in [0.25, 0.3) is 0 Å². The fourth-order valence-electron chi connectivity index (χ4n) is 1.26. The lowest BCUT2D eigenvalue weighted by Gasteiger charge is -2.04. The first-order valence-corrected chi connectivity index (χ1v) is 6.03. The summed E-state index contributed by atoms with van der Waals surface area (Å²) < 4.78 is 0. The minimum atomic E-state index is -1.21. The first-order valence-electron chi connectivity index (χ1n) is 6.03. The highest BCUT2D eigenvalue weighted by Gasteiger charge is 2.13. The molecule has 0 aliphatic heterocycles. The predicted octanol–water partition coefficient (Wildman–Crippen LogP) is -1.09. The number of carbonyl (C=O) groups excluding carboxylic acids is 1. The van der Waals surface area contributed by atoms with Crippen molar-refractivity contribution in [2.45, 2.75) is 24.9 Å². The summed E-state index contributed by atoms with van der Waals surface area (Å²) in [6.07, 6.45) is 0.0749. The lowest BCUT2D eigenvalue weighted by Crippen LogP contribution is -2.34. The molecule has 0 aliphatic rings. The topological polar surface area (TPSA) is 170 Å². The lowest BCUT2D eigenvalue weighted by molar-refractivity contribution is -0.140. The van der Waals surface area contributed by atoms with Crippen LogP contribution in [-0.4, -0.2) is 40.1 Å². The van der Waals surface area contributed by atoms with Crippen LogP contribution in [0.3, 0.4) is 0 Å². The summed E-state index contributed by atoms with van der Waals surface area (Å²) in [5.74, 6) is -2.88. The van der Waals surface area contributed by atoms with E-state index in [2.05, 4.69) is 5.73 Å². The number of aliphatic carboxylic acids is 2. The standard InChI is InChI=1S/C9H11NO2.C4H8N2O3/c10-8(9(11)12)6-7-4-2-1-3-5-7;5-2(4(8)9)1-3(6)7/h1-5,8H,6,10H2,(H,11,12);2H,1,5H2,(H2,6,7)(H,8,9)/t8-;2-/m00/s1. The second-order valence-electron chi connectivity index (χ2n) is 4.25. The van der Waals surface area contributed by atoms with Crippen LogP contribution in [0.4, 0.5) is 0 Å². The molecule has 0 unspecified atom stereocenters. The van der Waals surface area contributed by atoms with E-state index in [0.717, 1.165) is 5.56 Å². The van der Waals surface area contributed by atoms with E-state index in [-0.39, 0.29) is 6.42 Å². The van der Waals surface area contributed by atoms with Crippen molar-refractivity contribution in [2.24, 2.45) is 17.2 Å². The largest absolute Gasteiger partial charge is 0.480 e. The van der Waals surface area contributed by atoms with Crippen molar-refractivity contribution in [1.82, 2.24) is 0 Å². The molecule has 1 rings (SSSR count). The highest BCUT2D eigenvalue weighted by Crippen LogP contribution is 2.01. The molecule has 2 atom stereocenters. The first-order chi connectivity index (χ1) is 9.73. The number of benzene rings is 1. The van der Waals surface area contributed by atoms with Gasteiger partial charge < -0.3 is 27.4 Å². The molecule has 21 heavy (non-hydrogen) atoms. The molecule has 0 radical (unpaired) electrons. The van der Waals surface area contributed by atoms with E-state index in [1.165, 1.54) is 0 Å². The average molecular weight is 297 g/mol. The third kappa shape index (κ3) is 9.14. The van der Waals surface area contributed by atoms with E-state index in [4.69, 9.17) is 21.7 Å². The van der Waals surface area contributed by atoms with Gasteiger partial charge in [-0.25, -0.2) is 0 Å². The Bertz CT molecular complexity index is 478. The molecule has 0 saturated carbocycles. The summed E-state index contributed by atoms with van der Waals surface area (Å²) in [6.45, 7) is 0. The van der Waals surface area contributed by atoms with Crippen LogP contribution in [-0.2, 0) is 20.8 Å². The van der Waals surface area contributed by atoms with E-state index < -0.39 is 29.9 Å². The van der Waals surface area contributed by atoms with Crippen LogP contribution in [0.2, 0.25) is 0 Å². The zero-order valence-electron chi connectivity index (χ0n) is 11.3. The molecule has 8 heteroatoms. The number of primary amides is 1. The Balaban J connectivity index is 0.000000400. The number of amides is 1. The predicted molar refractivity (Wildman–Crippen MR) is 75.2 cm³/mol. The second kappa shape index (κ2) is 9.45. The molecule has 0 heterocycles. The Kier molecular flexibility index (Phi) is 8.35. The molecule has 0 saturated heterocycles. The number of carboxylic acids is 2. The quantitative estimate of drug-likeness (QED) is 0.444. The summed E-state index contributed by atoms with van der Waals surface area (Å²) in [4.78, 5) is 30.3. The third-order valence-corrected chi connectivity index (χ3v) is 2.35. The van der Waals surface area contributed by atoms with Crippen molar-refractivity contribution in [3.8, 4) is 0 Å². The Hall–Kier alpha value is -2.45. The minimum absolute atomic E-state index is 0.310. The van der Waals surface area contributed by atoms with Gasteiger partial charge in [0.25, 0.3) is 0 Å². The second-order valence-corrected chi connectivity index (χ2v) is 4.25. The van der Waals surface area contributed by atoms with Crippen molar-refractivity contribution in [3.05, 3.63) is 35.9 Å². The SMILES string of the molecule is NC(=O)C[C@H](N)C(=O)O.N[C@@H](Cc1ccccc1)C(=O)O. The average Bonchev–Trinajstić information content (AvgIpc) is 2.39. The number of hydrogen-bond acceptors (Lipinski definition) is 5. The molecule has 0 spiro atoms. The first kappa shape index (κ1) is 18.6. The van der Waals surface area contributed by atoms with Gasteiger partial charge in [-0.2, -0.15) is 0 Å². The van der Waals surface area contributed by atoms with Crippen LogP contribution in [0.5, 0.6) is 0 Å². The molecule has 8 N–H and O–H groups in total. The van der Waals surface area contributed by atoms with E-state index >= 15 is 0 Å². The summed E-state index contributed by atoms with van der Waals surface area (Å²) in [7, 11) is 0. The highest BCUT2D eigenvalue weighted by molar-refractivity contribution is 5.83. The zero-order chi connectivity index (χ0) is 16.4. The lowest BCUT2D eigenvalue weighted by atomic mass is 10.1. The fraction of sp³-hybridized carbons (Fsp3) is 0.308. The normalized spacial score (nSPS) is 12.5. The zero-order valence-corrected chi connectivity index (χ0v) is 11.3. The van der Waals surface area contributed by atoms with Gasteiger partial charge in [-0.3, -0.25) is 14.4 Å². The van der Waals surface area contributed by atoms with Gasteiger partial charge in [-0.1, -0.05) is 30.3 Å². The van der Waals surface area contributed by atoms with E-state index in [9.17, 15) is 14.4 Å². The van der Waals surface area contributed by atoms with Gasteiger partial charge in [0.2, 0.25) is 5.91 Å². The van der Waals surface area contributed by atoms with Gasteiger partial charge in [0.1, 0.15) is 12.1 Å². The molecule has 1 aromatic rings. The monoisotopic (exact) mass is 297 g/mol. The summed E-state index contributed by atoms with van der Waals surface area (Å²) in [5, 5.41) is 16.6. The van der Waals surface area contributed by atoms with E-state index in [1.54, 1.807) is 0 Å². The minimum Gasteiger partial charge on any atom is -0.480 e. The molecule has 1 aromatic carbocycles. The number of carboxylic acid groups (broad SMARTS) is 2. The molecule has 8 nitrogen and oxygen atoms in total. The van der Waals surface area contributed by atoms with Crippen molar-refractivity contribution in [3.63, 3.8) is 0 Å². The summed E-state index contributed by atoms with van der Waals surface area (Å²) >= 11 is 0. The molecule has 0 aromatic heterocycles. The Morgan fingerprint density at radius 2 is 1.43 bits per heavy atom. The molecule has 0 bridgehead atoms. The van der Waals surface area contributed by atoms with E-state index in [0.29, 0.717) is 6.42 Å². The third-order valence-electron chi connectivity index (χ3n) is 2.35. The Labute approximate surface area is 121 Å². The number of nitrogens with two attached hydrogens (primary N) is 3. The van der Waals surface area contributed by atoms with Crippen molar-refractivity contribution >= 4 is 17.8 Å². The van der Waals surface area contributed by atoms with Crippen molar-refractivity contribution in [2.75, 3.05) is 0 Å². The number of rotatable bonds is 6. The molecule has 1 amide bonds. The maximum Gasteiger partial charge on any atom is 0.321 e. The molecular weight excluding hydrogens is 278 g/mol. The Morgan fingerprint density at radius 1 is 0.952 bits per heavy atom. The maximum atomic E-state index is 10.4. The number of hydrogen-bond donors (Lipinski definition) is 5. The highest BCUT2D eigenvalue weighted by atomic mass is 16.4. The van der Waals surface area contributed by atoms with Crippen LogP contribution in [0, 0.1) is 0 Å². The van der Waals surface area contributed by atoms with Gasteiger partial charge in [0.15, 0.2) is 0 Å². The van der Waals surface area contributed by atoms with Gasteiger partial charge in [0, 0.05) is 0 Å². The van der Waals surface area contributed by atoms with Gasteiger partial charge >= 0.3 is 11.9 Å². The summed E-state index contributed by atoms with van der Waals surface area (Å²) in [6, 6.07) is 7.38. The number of carbonyl (C=O) groups is 3. The van der Waals surface area contributed by atoms with E-state index in [1.807, 2.05) is 30.3 Å². The van der Waals surface area contributed by atoms with Gasteiger partial charge in [-0.05, 0) is 12.0 Å². The smallest absolute Gasteiger partial charge is 0.321 e. The molecule has 0 aliphatic carbocycles. The molecule has 116 valence electrons. The Morgan fingerprint density at radius 3 is 1.76 bits per heavy atom. The van der Waals surface area contributed by atoms with Crippen LogP contribution in [0.1, 0.15) is 12.0 Å². The molecular formula is C13H19N3O5. The fourth-order valence-corrected chi connectivity index (χ4v) is 1.26. The molecule has 0 fully saturated rings. The van der Waals surface area contributed by atoms with Crippen LogP contribution in [0.15, 0.2) is 30.3 Å². The van der Waals surface area contributed by atoms with Crippen molar-refractivity contribution in [1.29, 1.82) is 0 Å². The summed E-state index contributed by atoms with van der Waals surface area (Å²) in [5.41, 5.74) is 15.9. The van der Waals surface area contributed by atoms with Crippen LogP contribution >= 0.6 is 0 Å². The van der Waals surface area contributed by atoms with Gasteiger partial charge in [0.05, 0.1) is 6.42 Å².